The normalized spacial score (nSPS) is 23.9. The zero-order valence-corrected chi connectivity index (χ0v) is 16.6. The number of halogens is 4. The third-order valence-electron chi connectivity index (χ3n) is 5.93. The van der Waals surface area contributed by atoms with Gasteiger partial charge in [0.1, 0.15) is 23.3 Å². The van der Waals surface area contributed by atoms with Gasteiger partial charge in [0.25, 0.3) is 0 Å². The topological polar surface area (TPSA) is 58.2 Å². The molecule has 0 unspecified atom stereocenters. The molecule has 2 aromatic rings. The Kier molecular flexibility index (Phi) is 5.98. The molecule has 0 bridgehead atoms. The number of nitrogens with one attached hydrogen (secondary N) is 2. The fraction of sp³-hybridized carbons (Fsp3) is 0.391. The van der Waals surface area contributed by atoms with Crippen molar-refractivity contribution in [3.8, 4) is 0 Å². The number of hydrogen-bond donors (Lipinski definition) is 2. The van der Waals surface area contributed by atoms with Gasteiger partial charge in [0.15, 0.2) is 0 Å². The highest BCUT2D eigenvalue weighted by Gasteiger charge is 2.46. The van der Waals surface area contributed by atoms with E-state index in [0.29, 0.717) is 43.5 Å². The quantitative estimate of drug-likeness (QED) is 0.491. The van der Waals surface area contributed by atoms with Crippen LogP contribution < -0.4 is 10.6 Å². The Hall–Kier alpha value is -2.90. The maximum Gasteiger partial charge on any atom is 0.223 e. The fourth-order valence-corrected chi connectivity index (χ4v) is 4.04. The lowest BCUT2D eigenvalue weighted by molar-refractivity contribution is -0.122. The second-order valence-electron chi connectivity index (χ2n) is 8.16. The molecule has 2 amide bonds. The van der Waals surface area contributed by atoms with Crippen LogP contribution in [0.2, 0.25) is 0 Å². The molecule has 4 atom stereocenters. The van der Waals surface area contributed by atoms with Crippen LogP contribution in [0, 0.1) is 35.1 Å². The molecule has 2 aliphatic carbocycles. The summed E-state index contributed by atoms with van der Waals surface area (Å²) in [5.74, 6) is -4.07. The molecule has 2 aliphatic rings. The highest BCUT2D eigenvalue weighted by atomic mass is 19.1. The van der Waals surface area contributed by atoms with Crippen LogP contribution >= 0.6 is 0 Å². The summed E-state index contributed by atoms with van der Waals surface area (Å²) in [7, 11) is 0. The zero-order valence-electron chi connectivity index (χ0n) is 16.6. The average Bonchev–Trinajstić information content (AvgIpc) is 3.61. The van der Waals surface area contributed by atoms with E-state index in [4.69, 9.17) is 0 Å². The van der Waals surface area contributed by atoms with Crippen LogP contribution in [0.5, 0.6) is 0 Å². The van der Waals surface area contributed by atoms with Crippen LogP contribution in [0.25, 0.3) is 0 Å². The average molecular weight is 434 g/mol. The van der Waals surface area contributed by atoms with Crippen molar-refractivity contribution in [1.29, 1.82) is 0 Å². The largest absolute Gasteiger partial charge is 0.356 e. The predicted molar refractivity (Wildman–Crippen MR) is 105 cm³/mol. The van der Waals surface area contributed by atoms with Crippen molar-refractivity contribution in [1.82, 2.24) is 10.6 Å². The van der Waals surface area contributed by atoms with Crippen LogP contribution in [0.1, 0.15) is 42.2 Å². The summed E-state index contributed by atoms with van der Waals surface area (Å²) in [6.45, 7) is 0.712. The van der Waals surface area contributed by atoms with E-state index in [1.54, 1.807) is 0 Å². The molecule has 2 saturated carbocycles. The number of benzene rings is 2. The van der Waals surface area contributed by atoms with Gasteiger partial charge >= 0.3 is 0 Å². The number of rotatable bonds is 8. The molecule has 0 radical (unpaired) electrons. The van der Waals surface area contributed by atoms with Crippen molar-refractivity contribution in [3.05, 3.63) is 70.8 Å². The first-order valence-corrected chi connectivity index (χ1v) is 10.3. The Labute approximate surface area is 177 Å². The standard InChI is InChI=1S/C23H22F4N2O2/c24-12-2-4-14(20(26)8-12)16-10-18(16)22(30)28-6-1-7-29-23(31)19-11-17(19)15-5-3-13(25)9-21(15)27/h2-5,8-9,16-19H,1,6-7,10-11H2,(H,28,30)(H,29,31)/t16-,17-,18+,19+/m0/s1. The van der Waals surface area contributed by atoms with Gasteiger partial charge in [-0.05, 0) is 54.4 Å². The molecule has 164 valence electrons. The molecule has 0 saturated heterocycles. The first-order chi connectivity index (χ1) is 14.8. The second-order valence-corrected chi connectivity index (χ2v) is 8.16. The van der Waals surface area contributed by atoms with Crippen molar-refractivity contribution in [2.24, 2.45) is 11.8 Å². The second kappa shape index (κ2) is 8.69. The maximum atomic E-state index is 13.8. The van der Waals surface area contributed by atoms with Crippen molar-refractivity contribution < 1.29 is 27.2 Å². The maximum absolute atomic E-state index is 13.8. The van der Waals surface area contributed by atoms with Gasteiger partial charge in [-0.2, -0.15) is 0 Å². The van der Waals surface area contributed by atoms with E-state index in [1.807, 2.05) is 0 Å². The Bertz CT molecular complexity index is 934. The van der Waals surface area contributed by atoms with Crippen LogP contribution in [0.3, 0.4) is 0 Å². The third kappa shape index (κ3) is 4.89. The van der Waals surface area contributed by atoms with Crippen molar-refractivity contribution in [2.45, 2.75) is 31.1 Å². The lowest BCUT2D eigenvalue weighted by Crippen LogP contribution is -2.31. The molecule has 0 aliphatic heterocycles. The van der Waals surface area contributed by atoms with E-state index in [1.165, 1.54) is 24.3 Å². The summed E-state index contributed by atoms with van der Waals surface area (Å²) >= 11 is 0. The Morgan fingerprint density at radius 2 is 1.16 bits per heavy atom. The van der Waals surface area contributed by atoms with Crippen molar-refractivity contribution >= 4 is 11.8 Å². The van der Waals surface area contributed by atoms with E-state index in [2.05, 4.69) is 10.6 Å². The molecule has 2 N–H and O–H groups in total. The molecule has 31 heavy (non-hydrogen) atoms. The number of carbonyl (C=O) groups is 2. The molecule has 0 heterocycles. The van der Waals surface area contributed by atoms with Crippen molar-refractivity contribution in [3.63, 3.8) is 0 Å². The monoisotopic (exact) mass is 434 g/mol. The fourth-order valence-electron chi connectivity index (χ4n) is 4.04. The van der Waals surface area contributed by atoms with Gasteiger partial charge in [-0.15, -0.1) is 0 Å². The van der Waals surface area contributed by atoms with E-state index in [0.717, 1.165) is 12.1 Å². The lowest BCUT2D eigenvalue weighted by Gasteiger charge is -2.08. The van der Waals surface area contributed by atoms with Crippen LogP contribution in [-0.4, -0.2) is 24.9 Å². The van der Waals surface area contributed by atoms with Gasteiger partial charge in [-0.1, -0.05) is 12.1 Å². The van der Waals surface area contributed by atoms with Crippen LogP contribution in [-0.2, 0) is 9.59 Å². The molecular weight excluding hydrogens is 412 g/mol. The summed E-state index contributed by atoms with van der Waals surface area (Å²) in [6, 6.07) is 6.76. The number of hydrogen-bond acceptors (Lipinski definition) is 2. The van der Waals surface area contributed by atoms with Crippen LogP contribution in [0.4, 0.5) is 17.6 Å². The van der Waals surface area contributed by atoms with Crippen molar-refractivity contribution in [2.75, 3.05) is 13.1 Å². The molecule has 2 fully saturated rings. The summed E-state index contributed by atoms with van der Waals surface area (Å²) in [5.41, 5.74) is 0.704. The first kappa shape index (κ1) is 21.3. The van der Waals surface area contributed by atoms with Gasteiger partial charge in [0.2, 0.25) is 11.8 Å². The van der Waals surface area contributed by atoms with Crippen LogP contribution in [0.15, 0.2) is 36.4 Å². The number of carbonyl (C=O) groups excluding carboxylic acids is 2. The van der Waals surface area contributed by atoms with Gasteiger partial charge in [0.05, 0.1) is 0 Å². The van der Waals surface area contributed by atoms with E-state index >= 15 is 0 Å². The van der Waals surface area contributed by atoms with E-state index in [-0.39, 0.29) is 35.5 Å². The molecule has 2 aromatic carbocycles. The van der Waals surface area contributed by atoms with E-state index in [9.17, 15) is 27.2 Å². The highest BCUT2D eigenvalue weighted by Crippen LogP contribution is 2.49. The highest BCUT2D eigenvalue weighted by molar-refractivity contribution is 5.83. The third-order valence-corrected chi connectivity index (χ3v) is 5.93. The zero-order chi connectivity index (χ0) is 22.1. The summed E-state index contributed by atoms with van der Waals surface area (Å²) in [6.07, 6.45) is 1.56. The van der Waals surface area contributed by atoms with Gasteiger partial charge in [0, 0.05) is 37.1 Å². The summed E-state index contributed by atoms with van der Waals surface area (Å²) in [4.78, 5) is 24.4. The van der Waals surface area contributed by atoms with Gasteiger partial charge in [-0.25, -0.2) is 17.6 Å². The minimum Gasteiger partial charge on any atom is -0.356 e. The molecule has 8 heteroatoms. The number of amides is 2. The molecule has 0 aromatic heterocycles. The molecular formula is C23H22F4N2O2. The SMILES string of the molecule is O=C(NCCCNC(=O)[C@@H]1C[C@H]1c1ccc(F)cc1F)[C@@H]1C[C@H]1c1ccc(F)cc1F. The Balaban J connectivity index is 1.14. The first-order valence-electron chi connectivity index (χ1n) is 10.3. The Morgan fingerprint density at radius 3 is 1.55 bits per heavy atom. The summed E-state index contributed by atoms with van der Waals surface area (Å²) < 4.78 is 53.6. The minimum absolute atomic E-state index is 0.186. The molecule has 0 spiro atoms. The minimum atomic E-state index is -0.648. The Morgan fingerprint density at radius 1 is 0.742 bits per heavy atom. The van der Waals surface area contributed by atoms with E-state index < -0.39 is 23.3 Å². The smallest absolute Gasteiger partial charge is 0.223 e. The predicted octanol–water partition coefficient (Wildman–Crippen LogP) is 3.77. The summed E-state index contributed by atoms with van der Waals surface area (Å²) in [5, 5.41) is 5.54. The molecule has 4 nitrogen and oxygen atoms in total. The van der Waals surface area contributed by atoms with Gasteiger partial charge in [-0.3, -0.25) is 9.59 Å². The lowest BCUT2D eigenvalue weighted by atomic mass is 10.1. The van der Waals surface area contributed by atoms with Gasteiger partial charge < -0.3 is 10.6 Å². The molecule has 4 rings (SSSR count).